The van der Waals surface area contributed by atoms with Crippen molar-refractivity contribution in [2.24, 2.45) is 0 Å². The van der Waals surface area contributed by atoms with Gasteiger partial charge in [-0.1, -0.05) is 37.6 Å². The van der Waals surface area contributed by atoms with E-state index in [0.717, 1.165) is 24.0 Å². The number of rotatable bonds is 6. The second-order valence-corrected chi connectivity index (χ2v) is 6.37. The lowest BCUT2D eigenvalue weighted by Gasteiger charge is -2.12. The third-order valence-electron chi connectivity index (χ3n) is 3.16. The summed E-state index contributed by atoms with van der Waals surface area (Å²) in [7, 11) is -2.06. The fourth-order valence-electron chi connectivity index (χ4n) is 2.04. The van der Waals surface area contributed by atoms with Crippen molar-refractivity contribution in [3.05, 3.63) is 36.4 Å². The van der Waals surface area contributed by atoms with Gasteiger partial charge in [0.25, 0.3) is 0 Å². The van der Waals surface area contributed by atoms with Crippen molar-refractivity contribution in [3.8, 4) is 5.75 Å². The summed E-state index contributed by atoms with van der Waals surface area (Å²) in [5.41, 5.74) is 0. The van der Waals surface area contributed by atoms with Gasteiger partial charge in [0.15, 0.2) is 0 Å². The minimum atomic E-state index is -3.47. The summed E-state index contributed by atoms with van der Waals surface area (Å²) in [6.07, 6.45) is 2.04. The summed E-state index contributed by atoms with van der Waals surface area (Å²) < 4.78 is 32.2. The highest BCUT2D eigenvalue weighted by Crippen LogP contribution is 2.31. The molecule has 0 heterocycles. The van der Waals surface area contributed by atoms with E-state index in [-0.39, 0.29) is 4.90 Å². The van der Waals surface area contributed by atoms with E-state index < -0.39 is 10.0 Å². The first kappa shape index (κ1) is 14.8. The lowest BCUT2D eigenvalue weighted by atomic mass is 10.1. The zero-order valence-electron chi connectivity index (χ0n) is 11.7. The molecule has 108 valence electrons. The molecule has 0 fully saturated rings. The number of hydrogen-bond donors (Lipinski definition) is 1. The van der Waals surface area contributed by atoms with Crippen molar-refractivity contribution in [1.29, 1.82) is 0 Å². The molecule has 0 aliphatic heterocycles. The van der Waals surface area contributed by atoms with E-state index in [2.05, 4.69) is 11.6 Å². The van der Waals surface area contributed by atoms with Gasteiger partial charge in [-0.3, -0.25) is 0 Å². The van der Waals surface area contributed by atoms with Crippen molar-refractivity contribution in [1.82, 2.24) is 4.72 Å². The van der Waals surface area contributed by atoms with Crippen LogP contribution in [-0.4, -0.2) is 22.1 Å². The fourth-order valence-corrected chi connectivity index (χ4v) is 2.98. The van der Waals surface area contributed by atoms with Crippen LogP contribution in [-0.2, 0) is 10.0 Å². The van der Waals surface area contributed by atoms with Crippen LogP contribution >= 0.6 is 0 Å². The van der Waals surface area contributed by atoms with Crippen molar-refractivity contribution in [3.63, 3.8) is 0 Å². The Labute approximate surface area is 119 Å². The first-order chi connectivity index (χ1) is 9.60. The predicted molar refractivity (Wildman–Crippen MR) is 80.6 cm³/mol. The van der Waals surface area contributed by atoms with Gasteiger partial charge >= 0.3 is 0 Å². The highest BCUT2D eigenvalue weighted by atomic mass is 32.2. The smallest absolute Gasteiger partial charge is 0.240 e. The van der Waals surface area contributed by atoms with Crippen molar-refractivity contribution in [2.75, 3.05) is 13.7 Å². The largest absolute Gasteiger partial charge is 0.493 e. The summed E-state index contributed by atoms with van der Waals surface area (Å²) in [6.45, 7) is 2.74. The second kappa shape index (κ2) is 6.24. The predicted octanol–water partition coefficient (Wildman–Crippen LogP) is 2.93. The fraction of sp³-hybridized carbons (Fsp3) is 0.333. The average Bonchev–Trinajstić information content (AvgIpc) is 2.47. The van der Waals surface area contributed by atoms with Gasteiger partial charge in [0.05, 0.1) is 11.5 Å². The van der Waals surface area contributed by atoms with Crippen LogP contribution in [0.2, 0.25) is 0 Å². The van der Waals surface area contributed by atoms with Gasteiger partial charge in [-0.05, 0) is 25.6 Å². The second-order valence-electron chi connectivity index (χ2n) is 4.52. The molecule has 2 rings (SSSR count). The Hall–Kier alpha value is -1.59. The Balaban J connectivity index is 2.53. The third kappa shape index (κ3) is 2.94. The van der Waals surface area contributed by atoms with E-state index in [1.807, 2.05) is 18.2 Å². The molecule has 0 radical (unpaired) electrons. The Morgan fingerprint density at radius 3 is 2.45 bits per heavy atom. The van der Waals surface area contributed by atoms with Crippen LogP contribution < -0.4 is 9.46 Å². The van der Waals surface area contributed by atoms with Gasteiger partial charge in [0.1, 0.15) is 5.75 Å². The Kier molecular flexibility index (Phi) is 4.62. The Bertz CT molecular complexity index is 695. The number of nitrogens with one attached hydrogen (secondary N) is 1. The highest BCUT2D eigenvalue weighted by Gasteiger charge is 2.16. The van der Waals surface area contributed by atoms with Gasteiger partial charge in [-0.25, -0.2) is 13.1 Å². The molecule has 0 unspecified atom stereocenters. The molecule has 20 heavy (non-hydrogen) atoms. The van der Waals surface area contributed by atoms with Crippen LogP contribution in [0.15, 0.2) is 41.3 Å². The molecule has 0 saturated carbocycles. The molecule has 4 nitrogen and oxygen atoms in total. The molecule has 1 N–H and O–H groups in total. The number of unbranched alkanes of at least 4 members (excludes halogenated alkanes) is 1. The number of ether oxygens (including phenoxy) is 1. The van der Waals surface area contributed by atoms with E-state index in [9.17, 15) is 8.42 Å². The summed E-state index contributed by atoms with van der Waals surface area (Å²) >= 11 is 0. The standard InChI is InChI=1S/C15H19NO3S/c1-3-4-11-19-14-9-10-15(20(17,18)16-2)13-8-6-5-7-12(13)14/h5-10,16H,3-4,11H2,1-2H3. The molecule has 0 aliphatic rings. The van der Waals surface area contributed by atoms with Crippen LogP contribution in [0.4, 0.5) is 0 Å². The van der Waals surface area contributed by atoms with Gasteiger partial charge in [-0.15, -0.1) is 0 Å². The molecule has 0 aliphatic carbocycles. The lowest BCUT2D eigenvalue weighted by Crippen LogP contribution is -2.18. The minimum absolute atomic E-state index is 0.276. The molecule has 0 atom stereocenters. The number of hydrogen-bond acceptors (Lipinski definition) is 3. The normalized spacial score (nSPS) is 11.7. The molecule has 0 aromatic heterocycles. The lowest BCUT2D eigenvalue weighted by molar-refractivity contribution is 0.313. The molecule has 2 aromatic rings. The first-order valence-corrected chi connectivity index (χ1v) is 8.16. The van der Waals surface area contributed by atoms with Crippen LogP contribution in [0.3, 0.4) is 0 Å². The average molecular weight is 293 g/mol. The van der Waals surface area contributed by atoms with Crippen molar-refractivity contribution in [2.45, 2.75) is 24.7 Å². The highest BCUT2D eigenvalue weighted by molar-refractivity contribution is 7.89. The molecule has 5 heteroatoms. The monoisotopic (exact) mass is 293 g/mol. The van der Waals surface area contributed by atoms with Gasteiger partial charge in [-0.2, -0.15) is 0 Å². The number of sulfonamides is 1. The molecular weight excluding hydrogens is 274 g/mol. The maximum atomic E-state index is 12.0. The summed E-state index contributed by atoms with van der Waals surface area (Å²) in [4.78, 5) is 0.276. The minimum Gasteiger partial charge on any atom is -0.493 e. The molecule has 0 amide bonds. The zero-order chi connectivity index (χ0) is 14.6. The quantitative estimate of drug-likeness (QED) is 0.833. The molecular formula is C15H19NO3S. The maximum absolute atomic E-state index is 12.0. The molecule has 2 aromatic carbocycles. The van der Waals surface area contributed by atoms with Gasteiger partial charge in [0.2, 0.25) is 10.0 Å². The van der Waals surface area contributed by atoms with E-state index in [4.69, 9.17) is 4.74 Å². The van der Waals surface area contributed by atoms with Crippen molar-refractivity contribution >= 4 is 20.8 Å². The SMILES string of the molecule is CCCCOc1ccc(S(=O)(=O)NC)c2ccccc12. The van der Waals surface area contributed by atoms with Crippen LogP contribution in [0, 0.1) is 0 Å². The Morgan fingerprint density at radius 2 is 1.80 bits per heavy atom. The zero-order valence-corrected chi connectivity index (χ0v) is 12.5. The number of benzene rings is 2. The van der Waals surface area contributed by atoms with Gasteiger partial charge in [0, 0.05) is 10.8 Å². The van der Waals surface area contributed by atoms with E-state index in [0.29, 0.717) is 12.0 Å². The molecule has 0 bridgehead atoms. The maximum Gasteiger partial charge on any atom is 0.240 e. The van der Waals surface area contributed by atoms with Crippen LogP contribution in [0.1, 0.15) is 19.8 Å². The van der Waals surface area contributed by atoms with Crippen LogP contribution in [0.25, 0.3) is 10.8 Å². The summed E-state index contributed by atoms with van der Waals surface area (Å²) in [5, 5.41) is 1.50. The summed E-state index contributed by atoms with van der Waals surface area (Å²) in [6, 6.07) is 10.7. The molecule has 0 saturated heterocycles. The Morgan fingerprint density at radius 1 is 1.10 bits per heavy atom. The topological polar surface area (TPSA) is 55.4 Å². The summed E-state index contributed by atoms with van der Waals surface area (Å²) in [5.74, 6) is 0.726. The van der Waals surface area contributed by atoms with Crippen molar-refractivity contribution < 1.29 is 13.2 Å². The third-order valence-corrected chi connectivity index (χ3v) is 4.63. The first-order valence-electron chi connectivity index (χ1n) is 6.68. The van der Waals surface area contributed by atoms with Crippen LogP contribution in [0.5, 0.6) is 5.75 Å². The van der Waals surface area contributed by atoms with Gasteiger partial charge < -0.3 is 4.74 Å². The van der Waals surface area contributed by atoms with E-state index >= 15 is 0 Å². The van der Waals surface area contributed by atoms with E-state index in [1.165, 1.54) is 7.05 Å². The number of fused-ring (bicyclic) bond motifs is 1. The van der Waals surface area contributed by atoms with E-state index in [1.54, 1.807) is 18.2 Å². The molecule has 0 spiro atoms.